The second-order valence-electron chi connectivity index (χ2n) is 8.53. The molecule has 25 heavy (non-hydrogen) atoms. The van der Waals surface area contributed by atoms with Crippen molar-refractivity contribution in [1.29, 1.82) is 0 Å². The minimum Gasteiger partial charge on any atom is -0.348 e. The zero-order valence-corrected chi connectivity index (χ0v) is 16.6. The van der Waals surface area contributed by atoms with E-state index >= 15 is 0 Å². The van der Waals surface area contributed by atoms with Crippen LogP contribution in [0.15, 0.2) is 0 Å². The molecule has 0 spiro atoms. The molecule has 1 unspecified atom stereocenters. The van der Waals surface area contributed by atoms with Gasteiger partial charge in [0.15, 0.2) is 0 Å². The number of likely N-dealkylation sites (tertiary alicyclic amines) is 1. The molecule has 2 rings (SSSR count). The van der Waals surface area contributed by atoms with Crippen LogP contribution < -0.4 is 15.5 Å². The zero-order chi connectivity index (χ0) is 18.4. The van der Waals surface area contributed by atoms with Crippen molar-refractivity contribution in [1.82, 2.24) is 10.6 Å². The lowest BCUT2D eigenvalue weighted by Crippen LogP contribution is -3.14. The highest BCUT2D eigenvalue weighted by Gasteiger charge is 2.32. The van der Waals surface area contributed by atoms with Crippen LogP contribution in [0.3, 0.4) is 0 Å². The maximum atomic E-state index is 12.7. The van der Waals surface area contributed by atoms with Crippen molar-refractivity contribution in [3.05, 3.63) is 0 Å². The highest BCUT2D eigenvalue weighted by Crippen LogP contribution is 2.28. The van der Waals surface area contributed by atoms with Crippen LogP contribution in [0.4, 0.5) is 0 Å². The summed E-state index contributed by atoms with van der Waals surface area (Å²) in [5.74, 6) is 0.964. The first-order valence-corrected chi connectivity index (χ1v) is 10.3. The summed E-state index contributed by atoms with van der Waals surface area (Å²) >= 11 is 0. The van der Waals surface area contributed by atoms with Crippen molar-refractivity contribution in [2.75, 3.05) is 19.6 Å². The molecule has 1 saturated carbocycles. The maximum Gasteiger partial charge on any atom is 0.243 e. The number of nitrogens with one attached hydrogen (secondary N) is 3. The average Bonchev–Trinajstić information content (AvgIpc) is 3.05. The van der Waals surface area contributed by atoms with E-state index < -0.39 is 6.04 Å². The fourth-order valence-electron chi connectivity index (χ4n) is 4.36. The highest BCUT2D eigenvalue weighted by atomic mass is 16.2. The summed E-state index contributed by atoms with van der Waals surface area (Å²) in [6.07, 6.45) is 6.57. The van der Waals surface area contributed by atoms with Crippen LogP contribution in [0, 0.1) is 17.8 Å². The molecule has 0 bridgehead atoms. The van der Waals surface area contributed by atoms with Gasteiger partial charge in [-0.1, -0.05) is 20.8 Å². The van der Waals surface area contributed by atoms with E-state index in [1.807, 2.05) is 13.8 Å². The quantitative estimate of drug-likeness (QED) is 0.643. The molecule has 0 aromatic heterocycles. The summed E-state index contributed by atoms with van der Waals surface area (Å²) in [6, 6.07) is 0.107. The van der Waals surface area contributed by atoms with Gasteiger partial charge in [-0.2, -0.15) is 0 Å². The molecule has 144 valence electrons. The van der Waals surface area contributed by atoms with E-state index in [0.29, 0.717) is 6.04 Å². The first kappa shape index (κ1) is 20.2. The Morgan fingerprint density at radius 1 is 1.12 bits per heavy atom. The standard InChI is InChI=1S/C20H37N3O2/c1-5-23-12-6-7-17(23)13-21-20(25)18(14(2)3)22-19(24)16-10-8-15(4)9-11-16/h14-18H,5-13H2,1-4H3,(H,21,25)(H,22,24)/p+1/t15?,16?,17-,18+/m0/s1. The van der Waals surface area contributed by atoms with Crippen LogP contribution in [0.5, 0.6) is 0 Å². The highest BCUT2D eigenvalue weighted by molar-refractivity contribution is 5.88. The van der Waals surface area contributed by atoms with Gasteiger partial charge < -0.3 is 15.5 Å². The van der Waals surface area contributed by atoms with Gasteiger partial charge in [-0.3, -0.25) is 9.59 Å². The second kappa shape index (κ2) is 9.56. The van der Waals surface area contributed by atoms with Crippen LogP contribution in [-0.4, -0.2) is 43.5 Å². The molecule has 1 aliphatic carbocycles. The third kappa shape index (κ3) is 5.70. The van der Waals surface area contributed by atoms with Crippen molar-refractivity contribution in [2.24, 2.45) is 17.8 Å². The van der Waals surface area contributed by atoms with Crippen molar-refractivity contribution in [3.8, 4) is 0 Å². The number of likely N-dealkylation sites (N-methyl/N-ethyl adjacent to an activating group) is 1. The third-order valence-corrected chi connectivity index (χ3v) is 6.24. The number of amides is 2. The molecule has 5 nitrogen and oxygen atoms in total. The molecule has 3 atom stereocenters. The van der Waals surface area contributed by atoms with Crippen LogP contribution >= 0.6 is 0 Å². The number of carbonyl (C=O) groups excluding carboxylic acids is 2. The molecular weight excluding hydrogens is 314 g/mol. The number of carbonyl (C=O) groups is 2. The van der Waals surface area contributed by atoms with Crippen molar-refractivity contribution >= 4 is 11.8 Å². The average molecular weight is 353 g/mol. The van der Waals surface area contributed by atoms with Crippen molar-refractivity contribution < 1.29 is 14.5 Å². The van der Waals surface area contributed by atoms with E-state index in [0.717, 1.165) is 44.7 Å². The molecule has 2 aliphatic rings. The lowest BCUT2D eigenvalue weighted by atomic mass is 9.82. The van der Waals surface area contributed by atoms with Crippen LogP contribution in [-0.2, 0) is 9.59 Å². The van der Waals surface area contributed by atoms with E-state index in [2.05, 4.69) is 24.5 Å². The Morgan fingerprint density at radius 2 is 1.80 bits per heavy atom. The molecule has 2 amide bonds. The van der Waals surface area contributed by atoms with Gasteiger partial charge in [0.25, 0.3) is 0 Å². The van der Waals surface area contributed by atoms with Gasteiger partial charge in [-0.05, 0) is 44.4 Å². The van der Waals surface area contributed by atoms with Crippen molar-refractivity contribution in [2.45, 2.75) is 78.3 Å². The molecule has 0 aromatic rings. The number of hydrogen-bond donors (Lipinski definition) is 3. The molecular formula is C20H38N3O2+. The van der Waals surface area contributed by atoms with E-state index in [1.165, 1.54) is 19.4 Å². The number of hydrogen-bond acceptors (Lipinski definition) is 2. The first-order chi connectivity index (χ1) is 11.9. The predicted octanol–water partition coefficient (Wildman–Crippen LogP) is 1.14. The summed E-state index contributed by atoms with van der Waals surface area (Å²) < 4.78 is 0. The molecule has 1 aliphatic heterocycles. The molecule has 1 heterocycles. The Morgan fingerprint density at radius 3 is 2.40 bits per heavy atom. The predicted molar refractivity (Wildman–Crippen MR) is 100 cm³/mol. The summed E-state index contributed by atoms with van der Waals surface area (Å²) in [5.41, 5.74) is 0. The lowest BCUT2D eigenvalue weighted by molar-refractivity contribution is -0.909. The zero-order valence-electron chi connectivity index (χ0n) is 16.6. The van der Waals surface area contributed by atoms with Crippen LogP contribution in [0.2, 0.25) is 0 Å². The second-order valence-corrected chi connectivity index (χ2v) is 8.53. The van der Waals surface area contributed by atoms with E-state index in [1.54, 1.807) is 4.90 Å². The normalized spacial score (nSPS) is 30.9. The largest absolute Gasteiger partial charge is 0.348 e. The molecule has 0 aromatic carbocycles. The van der Waals surface area contributed by atoms with Crippen molar-refractivity contribution in [3.63, 3.8) is 0 Å². The topological polar surface area (TPSA) is 62.6 Å². The minimum absolute atomic E-state index is 0.0186. The summed E-state index contributed by atoms with van der Waals surface area (Å²) in [4.78, 5) is 26.8. The SMILES string of the molecule is CC[NH+]1CCC[C@H]1CNC(=O)[C@H](NC(=O)C1CCC(C)CC1)C(C)C. The number of rotatable bonds is 7. The van der Waals surface area contributed by atoms with Gasteiger partial charge in [-0.25, -0.2) is 0 Å². The van der Waals surface area contributed by atoms with Crippen LogP contribution in [0.1, 0.15) is 66.2 Å². The lowest BCUT2D eigenvalue weighted by Gasteiger charge is -2.29. The van der Waals surface area contributed by atoms with E-state index in [-0.39, 0.29) is 23.7 Å². The molecule has 2 fully saturated rings. The van der Waals surface area contributed by atoms with Gasteiger partial charge in [0.1, 0.15) is 12.1 Å². The fraction of sp³-hybridized carbons (Fsp3) is 0.900. The number of quaternary nitrogens is 1. The van der Waals surface area contributed by atoms with Gasteiger partial charge in [0.05, 0.1) is 19.6 Å². The smallest absolute Gasteiger partial charge is 0.243 e. The Hall–Kier alpha value is -1.10. The van der Waals surface area contributed by atoms with E-state index in [4.69, 9.17) is 0 Å². The molecule has 0 radical (unpaired) electrons. The Kier molecular flexibility index (Phi) is 7.73. The maximum absolute atomic E-state index is 12.7. The fourth-order valence-corrected chi connectivity index (χ4v) is 4.36. The van der Waals surface area contributed by atoms with E-state index in [9.17, 15) is 9.59 Å². The summed E-state index contributed by atoms with van der Waals surface area (Å²) in [5, 5.41) is 6.15. The summed E-state index contributed by atoms with van der Waals surface area (Å²) in [6.45, 7) is 11.5. The van der Waals surface area contributed by atoms with Crippen LogP contribution in [0.25, 0.3) is 0 Å². The molecule has 5 heteroatoms. The first-order valence-electron chi connectivity index (χ1n) is 10.3. The Balaban J connectivity index is 1.84. The minimum atomic E-state index is -0.418. The van der Waals surface area contributed by atoms with Gasteiger partial charge in [0.2, 0.25) is 11.8 Å². The summed E-state index contributed by atoms with van der Waals surface area (Å²) in [7, 11) is 0. The molecule has 1 saturated heterocycles. The monoisotopic (exact) mass is 352 g/mol. The van der Waals surface area contributed by atoms with Gasteiger partial charge in [0, 0.05) is 18.8 Å². The van der Waals surface area contributed by atoms with Gasteiger partial charge in [-0.15, -0.1) is 0 Å². The Bertz CT molecular complexity index is 444. The third-order valence-electron chi connectivity index (χ3n) is 6.24. The Labute approximate surface area is 153 Å². The van der Waals surface area contributed by atoms with Gasteiger partial charge >= 0.3 is 0 Å². The molecule has 3 N–H and O–H groups in total.